The lowest BCUT2D eigenvalue weighted by molar-refractivity contribution is -0.115. The van der Waals surface area contributed by atoms with Gasteiger partial charge in [-0.2, -0.15) is 0 Å². The molecule has 0 fully saturated rings. The lowest BCUT2D eigenvalue weighted by Gasteiger charge is -2.14. The summed E-state index contributed by atoms with van der Waals surface area (Å²) >= 11 is 0. The number of benzene rings is 2. The molecule has 1 amide bonds. The van der Waals surface area contributed by atoms with Crippen LogP contribution in [0.2, 0.25) is 0 Å². The summed E-state index contributed by atoms with van der Waals surface area (Å²) < 4.78 is 2.05. The van der Waals surface area contributed by atoms with Gasteiger partial charge in [0, 0.05) is 55.7 Å². The molecule has 0 spiro atoms. The van der Waals surface area contributed by atoms with Crippen LogP contribution < -0.4 is 15.5 Å². The number of aromatic nitrogens is 3. The van der Waals surface area contributed by atoms with Gasteiger partial charge in [0.2, 0.25) is 5.91 Å². The van der Waals surface area contributed by atoms with Gasteiger partial charge in [-0.1, -0.05) is 18.2 Å². The van der Waals surface area contributed by atoms with Gasteiger partial charge in [0.1, 0.15) is 17.5 Å². The predicted octanol–water partition coefficient (Wildman–Crippen LogP) is 4.27. The van der Waals surface area contributed by atoms with Gasteiger partial charge in [-0.25, -0.2) is 9.97 Å². The second-order valence-corrected chi connectivity index (χ2v) is 7.76. The Morgan fingerprint density at radius 1 is 1.03 bits per heavy atom. The van der Waals surface area contributed by atoms with Crippen molar-refractivity contribution in [3.8, 4) is 0 Å². The number of aryl methyl sites for hydroxylation is 2. The molecule has 4 rings (SSSR count). The van der Waals surface area contributed by atoms with Crippen LogP contribution in [0.25, 0.3) is 10.9 Å². The molecule has 0 saturated carbocycles. The Bertz CT molecular complexity index is 1230. The van der Waals surface area contributed by atoms with Gasteiger partial charge in [0.15, 0.2) is 0 Å². The minimum atomic E-state index is -0.0425. The van der Waals surface area contributed by atoms with E-state index in [0.717, 1.165) is 39.5 Å². The van der Waals surface area contributed by atoms with Gasteiger partial charge >= 0.3 is 0 Å². The molecule has 7 heteroatoms. The third-order valence-electron chi connectivity index (χ3n) is 5.05. The van der Waals surface area contributed by atoms with E-state index in [1.165, 1.54) is 0 Å². The number of hydrogen-bond acceptors (Lipinski definition) is 5. The number of para-hydroxylation sites is 1. The molecule has 2 heterocycles. The molecule has 4 aromatic rings. The Hall–Kier alpha value is -3.87. The fourth-order valence-corrected chi connectivity index (χ4v) is 3.57. The summed E-state index contributed by atoms with van der Waals surface area (Å²) in [6.45, 7) is 1.87. The first-order chi connectivity index (χ1) is 14.9. The largest absolute Gasteiger partial charge is 0.363 e. The molecule has 2 aromatic carbocycles. The number of fused-ring (bicyclic) bond motifs is 1. The molecule has 0 atom stereocenters. The van der Waals surface area contributed by atoms with E-state index >= 15 is 0 Å². The lowest BCUT2D eigenvalue weighted by atomic mass is 10.1. The molecule has 31 heavy (non-hydrogen) atoms. The van der Waals surface area contributed by atoms with Crippen molar-refractivity contribution in [3.63, 3.8) is 0 Å². The average Bonchev–Trinajstić information content (AvgIpc) is 3.04. The van der Waals surface area contributed by atoms with E-state index in [2.05, 4.69) is 37.3 Å². The zero-order chi connectivity index (χ0) is 22.0. The van der Waals surface area contributed by atoms with Crippen molar-refractivity contribution in [1.29, 1.82) is 0 Å². The summed E-state index contributed by atoms with van der Waals surface area (Å²) in [5, 5.41) is 7.38. The van der Waals surface area contributed by atoms with Crippen LogP contribution in [0.3, 0.4) is 0 Å². The van der Waals surface area contributed by atoms with E-state index in [1.807, 2.05) is 81.6 Å². The summed E-state index contributed by atoms with van der Waals surface area (Å²) in [4.78, 5) is 23.4. The topological polar surface area (TPSA) is 75.1 Å². The standard InChI is InChI=1S/C24H26N6O/c1-16-25-22(14-23(26-16)29(2)3)27-18-9-11-19(12-10-18)28-24(31)13-17-15-30(4)21-8-6-5-7-20(17)21/h5-12,14-15H,13H2,1-4H3,(H,28,31)(H,25,26,27). The average molecular weight is 415 g/mol. The zero-order valence-corrected chi connectivity index (χ0v) is 18.2. The molecule has 0 saturated heterocycles. The van der Waals surface area contributed by atoms with Crippen LogP contribution in [-0.4, -0.2) is 34.5 Å². The number of anilines is 4. The van der Waals surface area contributed by atoms with E-state index in [9.17, 15) is 4.79 Å². The van der Waals surface area contributed by atoms with Crippen LogP contribution >= 0.6 is 0 Å². The smallest absolute Gasteiger partial charge is 0.228 e. The summed E-state index contributed by atoms with van der Waals surface area (Å²) in [5.74, 6) is 2.22. The third kappa shape index (κ3) is 4.66. The van der Waals surface area contributed by atoms with Crippen molar-refractivity contribution in [2.24, 2.45) is 7.05 Å². The molecule has 158 valence electrons. The number of rotatable bonds is 6. The summed E-state index contributed by atoms with van der Waals surface area (Å²) in [5.41, 5.74) is 3.78. The van der Waals surface area contributed by atoms with Crippen molar-refractivity contribution < 1.29 is 4.79 Å². The fraction of sp³-hybridized carbons (Fsp3) is 0.208. The van der Waals surface area contributed by atoms with E-state index in [-0.39, 0.29) is 5.91 Å². The van der Waals surface area contributed by atoms with Crippen molar-refractivity contribution >= 4 is 39.8 Å². The fourth-order valence-electron chi connectivity index (χ4n) is 3.57. The molecular weight excluding hydrogens is 388 g/mol. The van der Waals surface area contributed by atoms with Crippen LogP contribution in [0.5, 0.6) is 0 Å². The number of amides is 1. The minimum Gasteiger partial charge on any atom is -0.363 e. The van der Waals surface area contributed by atoms with Gasteiger partial charge in [-0.15, -0.1) is 0 Å². The first kappa shape index (κ1) is 20.4. The minimum absolute atomic E-state index is 0.0425. The Morgan fingerprint density at radius 3 is 2.48 bits per heavy atom. The van der Waals surface area contributed by atoms with Crippen LogP contribution in [0, 0.1) is 6.92 Å². The number of hydrogen-bond donors (Lipinski definition) is 2. The van der Waals surface area contributed by atoms with Crippen molar-refractivity contribution in [2.45, 2.75) is 13.3 Å². The second-order valence-electron chi connectivity index (χ2n) is 7.76. The van der Waals surface area contributed by atoms with E-state index < -0.39 is 0 Å². The number of carbonyl (C=O) groups excluding carboxylic acids is 1. The molecule has 2 aromatic heterocycles. The highest BCUT2D eigenvalue weighted by atomic mass is 16.1. The second kappa shape index (κ2) is 8.47. The zero-order valence-electron chi connectivity index (χ0n) is 18.2. The van der Waals surface area contributed by atoms with Crippen LogP contribution in [-0.2, 0) is 18.3 Å². The first-order valence-corrected chi connectivity index (χ1v) is 10.1. The molecular formula is C24H26N6O. The molecule has 2 N–H and O–H groups in total. The highest BCUT2D eigenvalue weighted by Crippen LogP contribution is 2.23. The van der Waals surface area contributed by atoms with E-state index in [0.29, 0.717) is 12.2 Å². The van der Waals surface area contributed by atoms with Gasteiger partial charge in [0.05, 0.1) is 6.42 Å². The number of carbonyl (C=O) groups is 1. The van der Waals surface area contributed by atoms with Crippen LogP contribution in [0.4, 0.5) is 23.0 Å². The maximum absolute atomic E-state index is 12.6. The lowest BCUT2D eigenvalue weighted by Crippen LogP contribution is -2.14. The molecule has 0 bridgehead atoms. The molecule has 0 unspecified atom stereocenters. The van der Waals surface area contributed by atoms with Crippen molar-refractivity contribution in [1.82, 2.24) is 14.5 Å². The first-order valence-electron chi connectivity index (χ1n) is 10.1. The highest BCUT2D eigenvalue weighted by molar-refractivity contribution is 5.96. The summed E-state index contributed by atoms with van der Waals surface area (Å²) in [7, 11) is 5.89. The molecule has 0 aliphatic rings. The Kier molecular flexibility index (Phi) is 5.58. The van der Waals surface area contributed by atoms with Gasteiger partial charge in [-0.3, -0.25) is 4.79 Å². The summed E-state index contributed by atoms with van der Waals surface area (Å²) in [6.07, 6.45) is 2.35. The molecule has 0 aliphatic heterocycles. The number of nitrogens with one attached hydrogen (secondary N) is 2. The van der Waals surface area contributed by atoms with Crippen molar-refractivity contribution in [3.05, 3.63) is 72.2 Å². The van der Waals surface area contributed by atoms with E-state index in [1.54, 1.807) is 0 Å². The van der Waals surface area contributed by atoms with Gasteiger partial charge in [-0.05, 0) is 42.8 Å². The maximum Gasteiger partial charge on any atom is 0.228 e. The highest BCUT2D eigenvalue weighted by Gasteiger charge is 2.11. The van der Waals surface area contributed by atoms with Gasteiger partial charge in [0.25, 0.3) is 0 Å². The Labute approximate surface area is 181 Å². The normalized spacial score (nSPS) is 10.8. The molecule has 7 nitrogen and oxygen atoms in total. The number of nitrogens with zero attached hydrogens (tertiary/aromatic N) is 4. The molecule has 0 radical (unpaired) electrons. The molecule has 0 aliphatic carbocycles. The monoisotopic (exact) mass is 414 g/mol. The maximum atomic E-state index is 12.6. The predicted molar refractivity (Wildman–Crippen MR) is 126 cm³/mol. The van der Waals surface area contributed by atoms with E-state index in [4.69, 9.17) is 0 Å². The van der Waals surface area contributed by atoms with Gasteiger partial charge < -0.3 is 20.1 Å². The van der Waals surface area contributed by atoms with Crippen molar-refractivity contribution in [2.75, 3.05) is 29.6 Å². The SMILES string of the molecule is Cc1nc(Nc2ccc(NC(=O)Cc3cn(C)c4ccccc34)cc2)cc(N(C)C)n1. The quantitative estimate of drug-likeness (QED) is 0.493. The van der Waals surface area contributed by atoms with Crippen LogP contribution in [0.1, 0.15) is 11.4 Å². The van der Waals surface area contributed by atoms with Crippen LogP contribution in [0.15, 0.2) is 60.8 Å². The summed E-state index contributed by atoms with van der Waals surface area (Å²) in [6, 6.07) is 17.6. The Morgan fingerprint density at radius 2 is 1.74 bits per heavy atom. The third-order valence-corrected chi connectivity index (χ3v) is 5.05. The Balaban J connectivity index is 1.42.